The van der Waals surface area contributed by atoms with Crippen LogP contribution in [0.5, 0.6) is 5.75 Å². The maximum Gasteiger partial charge on any atom is 0.415 e. The maximum atomic E-state index is 12.7. The molecule has 1 atom stereocenters. The number of hydrogen-bond acceptors (Lipinski definition) is 7. The number of rotatable bonds is 8. The van der Waals surface area contributed by atoms with Crippen LogP contribution in [0.15, 0.2) is 48.7 Å². The van der Waals surface area contributed by atoms with Gasteiger partial charge >= 0.3 is 6.09 Å². The molecule has 10 heteroatoms. The van der Waals surface area contributed by atoms with E-state index in [0.717, 1.165) is 18.4 Å². The summed E-state index contributed by atoms with van der Waals surface area (Å²) in [6.07, 6.45) is 3.21. The molecule has 10 nitrogen and oxygen atoms in total. The summed E-state index contributed by atoms with van der Waals surface area (Å²) in [5.41, 5.74) is 6.46. The first-order valence-corrected chi connectivity index (χ1v) is 11.3. The van der Waals surface area contributed by atoms with Gasteiger partial charge in [-0.05, 0) is 44.4 Å². The van der Waals surface area contributed by atoms with Crippen LogP contribution in [0.25, 0.3) is 5.65 Å². The van der Waals surface area contributed by atoms with Gasteiger partial charge in [0.25, 0.3) is 0 Å². The molecule has 1 aliphatic heterocycles. The number of nitrogens with one attached hydrogen (secondary N) is 1. The Morgan fingerprint density at radius 2 is 1.83 bits per heavy atom. The third-order valence-electron chi connectivity index (χ3n) is 5.57. The molecule has 0 saturated carbocycles. The Bertz CT molecular complexity index is 1140. The third-order valence-corrected chi connectivity index (χ3v) is 5.57. The molecule has 0 unspecified atom stereocenters. The van der Waals surface area contributed by atoms with Crippen LogP contribution in [-0.4, -0.2) is 56.7 Å². The van der Waals surface area contributed by atoms with E-state index in [1.54, 1.807) is 41.5 Å². The van der Waals surface area contributed by atoms with E-state index in [1.807, 2.05) is 30.3 Å². The summed E-state index contributed by atoms with van der Waals surface area (Å²) in [5.74, 6) is 0.453. The summed E-state index contributed by atoms with van der Waals surface area (Å²) in [5, 5.41) is 11.4. The van der Waals surface area contributed by atoms with Crippen LogP contribution < -0.4 is 15.8 Å². The molecule has 1 fully saturated rings. The van der Waals surface area contributed by atoms with Gasteiger partial charge in [-0.2, -0.15) is 0 Å². The van der Waals surface area contributed by atoms with E-state index >= 15 is 0 Å². The molecular weight excluding hydrogens is 448 g/mol. The van der Waals surface area contributed by atoms with E-state index in [2.05, 4.69) is 15.5 Å². The average molecular weight is 483 g/mol. The predicted octanol–water partition coefficient (Wildman–Crippen LogP) is 3.07. The monoisotopic (exact) mass is 482 g/mol. The van der Waals surface area contributed by atoms with E-state index in [9.17, 15) is 9.59 Å². The van der Waals surface area contributed by atoms with Crippen molar-refractivity contribution < 1.29 is 19.1 Å². The molecule has 0 bridgehead atoms. The Hall–Kier alpha value is -3.50. The average Bonchev–Trinajstić information content (AvgIpc) is 3.49. The lowest BCUT2D eigenvalue weighted by Crippen LogP contribution is -2.50. The second-order valence-corrected chi connectivity index (χ2v) is 8.96. The highest BCUT2D eigenvalue weighted by molar-refractivity contribution is 5.85. The maximum absolute atomic E-state index is 12.7. The highest BCUT2D eigenvalue weighted by atomic mass is 16.6. The first-order chi connectivity index (χ1) is 16.3. The standard InChI is InChI=1S/C24H30N6O4.CH4/c1-24(2,25)22(31)26-19(16-33-15-17-8-4-3-5-9-17)21-28-27-20-11-10-18(14-30(20)21)34-23(32)29-12-6-7-13-29;/h3-5,8-11,14,19H,6-7,12-13,15-16,25H2,1-2H3,(H,26,31);1H4/t19-;/m1./s1. The fourth-order valence-electron chi connectivity index (χ4n) is 3.65. The molecule has 3 aromatic rings. The number of ether oxygens (including phenoxy) is 2. The van der Waals surface area contributed by atoms with Gasteiger partial charge in [0.05, 0.1) is 24.9 Å². The molecule has 35 heavy (non-hydrogen) atoms. The molecule has 2 aromatic heterocycles. The molecular formula is C25H34N6O4. The van der Waals surface area contributed by atoms with Gasteiger partial charge in [-0.15, -0.1) is 10.2 Å². The zero-order valence-corrected chi connectivity index (χ0v) is 19.4. The van der Waals surface area contributed by atoms with Gasteiger partial charge in [0.15, 0.2) is 11.5 Å². The van der Waals surface area contributed by atoms with Crippen LogP contribution in [0, 0.1) is 0 Å². The Kier molecular flexibility index (Phi) is 8.42. The first-order valence-electron chi connectivity index (χ1n) is 11.3. The van der Waals surface area contributed by atoms with Gasteiger partial charge in [0.2, 0.25) is 5.91 Å². The van der Waals surface area contributed by atoms with E-state index < -0.39 is 11.6 Å². The number of pyridine rings is 1. The van der Waals surface area contributed by atoms with Crippen LogP contribution in [0.3, 0.4) is 0 Å². The molecule has 1 aliphatic rings. The molecule has 0 radical (unpaired) electrons. The fourth-order valence-corrected chi connectivity index (χ4v) is 3.65. The van der Waals surface area contributed by atoms with Crippen molar-refractivity contribution in [3.63, 3.8) is 0 Å². The number of fused-ring (bicyclic) bond motifs is 1. The first kappa shape index (κ1) is 26.1. The summed E-state index contributed by atoms with van der Waals surface area (Å²) in [6, 6.07) is 12.5. The van der Waals surface area contributed by atoms with E-state index in [0.29, 0.717) is 36.9 Å². The largest absolute Gasteiger partial charge is 0.415 e. The molecule has 1 saturated heterocycles. The molecule has 0 spiro atoms. The predicted molar refractivity (Wildman–Crippen MR) is 132 cm³/mol. The van der Waals surface area contributed by atoms with Crippen molar-refractivity contribution >= 4 is 17.6 Å². The number of hydrogen-bond donors (Lipinski definition) is 2. The van der Waals surface area contributed by atoms with Crippen LogP contribution >= 0.6 is 0 Å². The minimum Gasteiger partial charge on any atom is -0.409 e. The lowest BCUT2D eigenvalue weighted by Gasteiger charge is -2.23. The summed E-state index contributed by atoms with van der Waals surface area (Å²) >= 11 is 0. The van der Waals surface area contributed by atoms with E-state index in [4.69, 9.17) is 15.2 Å². The molecule has 3 N–H and O–H groups in total. The third kappa shape index (κ3) is 6.55. The molecule has 0 aliphatic carbocycles. The van der Waals surface area contributed by atoms with Crippen molar-refractivity contribution in [1.29, 1.82) is 0 Å². The number of nitrogens with zero attached hydrogens (tertiary/aromatic N) is 4. The number of likely N-dealkylation sites (tertiary alicyclic amines) is 1. The van der Waals surface area contributed by atoms with E-state index in [-0.39, 0.29) is 26.0 Å². The highest BCUT2D eigenvalue weighted by Gasteiger charge is 2.28. The summed E-state index contributed by atoms with van der Waals surface area (Å²) in [7, 11) is 0. The van der Waals surface area contributed by atoms with E-state index in [1.165, 1.54) is 0 Å². The number of carbonyl (C=O) groups is 2. The quantitative estimate of drug-likeness (QED) is 0.506. The number of aromatic nitrogens is 3. The van der Waals surface area contributed by atoms with Gasteiger partial charge < -0.3 is 25.4 Å². The van der Waals surface area contributed by atoms with Crippen LogP contribution in [0.4, 0.5) is 4.79 Å². The molecule has 188 valence electrons. The van der Waals surface area contributed by atoms with Crippen molar-refractivity contribution in [2.24, 2.45) is 5.73 Å². The number of benzene rings is 1. The minimum absolute atomic E-state index is 0. The Balaban J connectivity index is 0.00000342. The van der Waals surface area contributed by atoms with Gasteiger partial charge in [0.1, 0.15) is 11.8 Å². The van der Waals surface area contributed by atoms with Gasteiger partial charge in [-0.3, -0.25) is 9.20 Å². The van der Waals surface area contributed by atoms with Crippen LogP contribution in [-0.2, 0) is 16.1 Å². The highest BCUT2D eigenvalue weighted by Crippen LogP contribution is 2.20. The van der Waals surface area contributed by atoms with Crippen molar-refractivity contribution in [2.75, 3.05) is 19.7 Å². The Morgan fingerprint density at radius 1 is 1.11 bits per heavy atom. The second-order valence-electron chi connectivity index (χ2n) is 8.96. The van der Waals surface area contributed by atoms with Crippen molar-refractivity contribution in [2.45, 2.75) is 52.3 Å². The summed E-state index contributed by atoms with van der Waals surface area (Å²) in [6.45, 7) is 5.16. The molecule has 4 rings (SSSR count). The van der Waals surface area contributed by atoms with Crippen LogP contribution in [0.2, 0.25) is 0 Å². The number of amides is 2. The lowest BCUT2D eigenvalue weighted by molar-refractivity contribution is -0.126. The molecule has 2 amide bonds. The minimum atomic E-state index is -1.09. The Labute approximate surface area is 205 Å². The van der Waals surface area contributed by atoms with Crippen LogP contribution in [0.1, 0.15) is 51.5 Å². The van der Waals surface area contributed by atoms with Crippen molar-refractivity contribution in [3.05, 3.63) is 60.0 Å². The second kappa shape index (κ2) is 11.3. The lowest BCUT2D eigenvalue weighted by atomic mass is 10.1. The Morgan fingerprint density at radius 3 is 2.51 bits per heavy atom. The zero-order valence-electron chi connectivity index (χ0n) is 19.4. The van der Waals surface area contributed by atoms with Gasteiger partial charge in [0, 0.05) is 13.1 Å². The molecule has 1 aromatic carbocycles. The SMILES string of the molecule is C.CC(C)(N)C(=O)N[C@H](COCc1ccccc1)c1nnc2ccc(OC(=O)N3CCCC3)cn12. The zero-order chi connectivity index (χ0) is 24.1. The van der Waals surface area contributed by atoms with Crippen molar-refractivity contribution in [1.82, 2.24) is 24.8 Å². The fraction of sp³-hybridized carbons (Fsp3) is 0.440. The normalized spacial score (nSPS) is 14.4. The smallest absolute Gasteiger partial charge is 0.409 e. The number of carbonyl (C=O) groups excluding carboxylic acids is 2. The van der Waals surface area contributed by atoms with Gasteiger partial charge in [-0.1, -0.05) is 37.8 Å². The molecule has 3 heterocycles. The summed E-state index contributed by atoms with van der Waals surface area (Å²) < 4.78 is 13.1. The topological polar surface area (TPSA) is 124 Å². The summed E-state index contributed by atoms with van der Waals surface area (Å²) in [4.78, 5) is 26.8. The van der Waals surface area contributed by atoms with Gasteiger partial charge in [-0.25, -0.2) is 4.79 Å². The van der Waals surface area contributed by atoms with Crippen molar-refractivity contribution in [3.8, 4) is 5.75 Å². The number of nitrogens with two attached hydrogens (primary N) is 1.